The Morgan fingerprint density at radius 3 is 2.40 bits per heavy atom. The quantitative estimate of drug-likeness (QED) is 0.550. The van der Waals surface area contributed by atoms with Crippen LogP contribution < -0.4 is 0 Å². The lowest BCUT2D eigenvalue weighted by Gasteiger charge is -2.05. The molecule has 0 spiro atoms. The van der Waals surface area contributed by atoms with Crippen LogP contribution in [0.1, 0.15) is 17.5 Å². The molecule has 0 saturated heterocycles. The van der Waals surface area contributed by atoms with Gasteiger partial charge in [0, 0.05) is 19.1 Å². The highest BCUT2D eigenvalue weighted by Crippen LogP contribution is 2.04. The van der Waals surface area contributed by atoms with Gasteiger partial charge in [-0.2, -0.15) is 0 Å². The van der Waals surface area contributed by atoms with Gasteiger partial charge in [0.15, 0.2) is 0 Å². The van der Waals surface area contributed by atoms with Crippen molar-refractivity contribution in [3.63, 3.8) is 0 Å². The predicted octanol–water partition coefficient (Wildman–Crippen LogP) is 1.60. The molecule has 0 aliphatic rings. The lowest BCUT2D eigenvalue weighted by molar-refractivity contribution is 0.0199. The van der Waals surface area contributed by atoms with Gasteiger partial charge in [-0.1, -0.05) is 24.0 Å². The zero-order valence-electron chi connectivity index (χ0n) is 11.9. The van der Waals surface area contributed by atoms with E-state index in [4.69, 9.17) is 19.3 Å². The van der Waals surface area contributed by atoms with E-state index in [2.05, 4.69) is 11.8 Å². The molecule has 0 unspecified atom stereocenters. The highest BCUT2D eigenvalue weighted by Gasteiger charge is 1.94. The van der Waals surface area contributed by atoms with Crippen molar-refractivity contribution in [2.75, 3.05) is 40.1 Å². The fraction of sp³-hybridized carbons (Fsp3) is 0.500. The van der Waals surface area contributed by atoms with E-state index < -0.39 is 0 Å². The highest BCUT2D eigenvalue weighted by molar-refractivity contribution is 5.35. The minimum Gasteiger partial charge on any atom is -0.395 e. The van der Waals surface area contributed by atoms with Crippen LogP contribution in [0.4, 0.5) is 0 Å². The van der Waals surface area contributed by atoms with E-state index in [1.807, 2.05) is 24.3 Å². The molecule has 1 N–H and O–H groups in total. The molecular formula is C16H22O4. The molecule has 4 nitrogen and oxygen atoms in total. The third kappa shape index (κ3) is 7.93. The van der Waals surface area contributed by atoms with E-state index in [0.717, 1.165) is 11.1 Å². The van der Waals surface area contributed by atoms with Crippen LogP contribution in [0.25, 0.3) is 0 Å². The Balaban J connectivity index is 2.17. The van der Waals surface area contributed by atoms with E-state index in [-0.39, 0.29) is 6.61 Å². The molecule has 1 aromatic carbocycles. The molecule has 0 heterocycles. The van der Waals surface area contributed by atoms with Gasteiger partial charge in [0.2, 0.25) is 0 Å². The third-order valence-electron chi connectivity index (χ3n) is 2.50. The number of aliphatic hydroxyl groups is 1. The second kappa shape index (κ2) is 11.4. The van der Waals surface area contributed by atoms with Gasteiger partial charge in [-0.25, -0.2) is 0 Å². The number of methoxy groups -OCH3 is 1. The molecular weight excluding hydrogens is 256 g/mol. The van der Waals surface area contributed by atoms with Gasteiger partial charge in [-0.3, -0.25) is 0 Å². The maximum atomic E-state index is 8.64. The summed E-state index contributed by atoms with van der Waals surface area (Å²) in [6.45, 7) is 3.03. The third-order valence-corrected chi connectivity index (χ3v) is 2.50. The minimum absolute atomic E-state index is 0.103. The molecule has 0 saturated carbocycles. The van der Waals surface area contributed by atoms with Crippen molar-refractivity contribution in [2.24, 2.45) is 0 Å². The van der Waals surface area contributed by atoms with Crippen molar-refractivity contribution < 1.29 is 19.3 Å². The number of rotatable bonds is 9. The van der Waals surface area contributed by atoms with Gasteiger partial charge in [0.25, 0.3) is 0 Å². The molecule has 1 rings (SSSR count). The molecule has 1 aromatic rings. The smallest absolute Gasteiger partial charge is 0.0718 e. The standard InChI is InChI=1S/C16H22O4/c1-18-10-11-19-12-13-20-14-16-7-5-15(6-8-16)4-2-3-9-17/h5-8,17H,3,9-14H2,1H3. The SMILES string of the molecule is COCCOCCOCc1ccc(C#CCCO)cc1. The number of hydrogen-bond donors (Lipinski definition) is 1. The molecule has 0 aromatic heterocycles. The normalized spacial score (nSPS) is 10.1. The summed E-state index contributed by atoms with van der Waals surface area (Å²) >= 11 is 0. The first-order valence-electron chi connectivity index (χ1n) is 6.70. The van der Waals surface area contributed by atoms with Crippen LogP contribution in [0.5, 0.6) is 0 Å². The fourth-order valence-corrected chi connectivity index (χ4v) is 1.46. The van der Waals surface area contributed by atoms with Crippen LogP contribution in [-0.4, -0.2) is 45.3 Å². The molecule has 110 valence electrons. The second-order valence-electron chi connectivity index (χ2n) is 4.13. The highest BCUT2D eigenvalue weighted by atomic mass is 16.5. The first kappa shape index (κ1) is 16.7. The summed E-state index contributed by atoms with van der Waals surface area (Å²) in [6, 6.07) is 7.90. The summed E-state index contributed by atoms with van der Waals surface area (Å²) in [4.78, 5) is 0. The van der Waals surface area contributed by atoms with E-state index >= 15 is 0 Å². The Morgan fingerprint density at radius 1 is 1.00 bits per heavy atom. The van der Waals surface area contributed by atoms with Crippen LogP contribution in [-0.2, 0) is 20.8 Å². The van der Waals surface area contributed by atoms with Crippen molar-refractivity contribution in [3.05, 3.63) is 35.4 Å². The second-order valence-corrected chi connectivity index (χ2v) is 4.13. The van der Waals surface area contributed by atoms with Crippen LogP contribution >= 0.6 is 0 Å². The Morgan fingerprint density at radius 2 is 1.70 bits per heavy atom. The fourth-order valence-electron chi connectivity index (χ4n) is 1.46. The summed E-state index contributed by atoms with van der Waals surface area (Å²) in [5.74, 6) is 5.88. The molecule has 4 heteroatoms. The van der Waals surface area contributed by atoms with Gasteiger partial charge in [0.1, 0.15) is 0 Å². The number of aliphatic hydroxyl groups excluding tert-OH is 1. The molecule has 0 bridgehead atoms. The Hall–Kier alpha value is -1.38. The van der Waals surface area contributed by atoms with E-state index in [1.165, 1.54) is 0 Å². The minimum atomic E-state index is 0.103. The molecule has 0 radical (unpaired) electrons. The lowest BCUT2D eigenvalue weighted by Crippen LogP contribution is -2.08. The zero-order valence-corrected chi connectivity index (χ0v) is 11.9. The first-order chi connectivity index (χ1) is 9.86. The number of ether oxygens (including phenoxy) is 3. The molecule has 0 atom stereocenters. The molecule has 0 amide bonds. The average Bonchev–Trinajstić information content (AvgIpc) is 2.48. The first-order valence-corrected chi connectivity index (χ1v) is 6.70. The van der Waals surface area contributed by atoms with E-state index in [1.54, 1.807) is 7.11 Å². The maximum Gasteiger partial charge on any atom is 0.0718 e. The van der Waals surface area contributed by atoms with Crippen molar-refractivity contribution in [3.8, 4) is 11.8 Å². The molecule has 0 fully saturated rings. The topological polar surface area (TPSA) is 47.9 Å². The van der Waals surface area contributed by atoms with Crippen molar-refractivity contribution in [1.29, 1.82) is 0 Å². The Labute approximate surface area is 120 Å². The van der Waals surface area contributed by atoms with Gasteiger partial charge in [-0.05, 0) is 17.7 Å². The number of hydrogen-bond acceptors (Lipinski definition) is 4. The Bertz CT molecular complexity index is 403. The van der Waals surface area contributed by atoms with Crippen molar-refractivity contribution in [1.82, 2.24) is 0 Å². The average molecular weight is 278 g/mol. The number of benzene rings is 1. The van der Waals surface area contributed by atoms with Crippen LogP contribution in [0.2, 0.25) is 0 Å². The van der Waals surface area contributed by atoms with Crippen LogP contribution in [0, 0.1) is 11.8 Å². The van der Waals surface area contributed by atoms with Crippen LogP contribution in [0.15, 0.2) is 24.3 Å². The van der Waals surface area contributed by atoms with Gasteiger partial charge in [0.05, 0.1) is 39.6 Å². The summed E-state index contributed by atoms with van der Waals surface area (Å²) < 4.78 is 15.7. The van der Waals surface area contributed by atoms with Gasteiger partial charge < -0.3 is 19.3 Å². The zero-order chi connectivity index (χ0) is 14.5. The van der Waals surface area contributed by atoms with Crippen LogP contribution in [0.3, 0.4) is 0 Å². The molecule has 0 aliphatic carbocycles. The largest absolute Gasteiger partial charge is 0.395 e. The predicted molar refractivity (Wildman–Crippen MR) is 77.4 cm³/mol. The maximum absolute atomic E-state index is 8.64. The van der Waals surface area contributed by atoms with E-state index in [9.17, 15) is 0 Å². The summed E-state index contributed by atoms with van der Waals surface area (Å²) in [5.41, 5.74) is 2.06. The van der Waals surface area contributed by atoms with E-state index in [0.29, 0.717) is 39.5 Å². The van der Waals surface area contributed by atoms with Crippen molar-refractivity contribution in [2.45, 2.75) is 13.0 Å². The monoisotopic (exact) mass is 278 g/mol. The lowest BCUT2D eigenvalue weighted by atomic mass is 10.1. The summed E-state index contributed by atoms with van der Waals surface area (Å²) in [6.07, 6.45) is 0.508. The Kier molecular flexibility index (Phi) is 9.54. The molecule has 0 aliphatic heterocycles. The van der Waals surface area contributed by atoms with Gasteiger partial charge in [-0.15, -0.1) is 0 Å². The van der Waals surface area contributed by atoms with Gasteiger partial charge >= 0.3 is 0 Å². The summed E-state index contributed by atoms with van der Waals surface area (Å²) in [7, 11) is 1.65. The van der Waals surface area contributed by atoms with Crippen molar-refractivity contribution >= 4 is 0 Å². The summed E-state index contributed by atoms with van der Waals surface area (Å²) in [5, 5.41) is 8.64. The molecule has 20 heavy (non-hydrogen) atoms.